The van der Waals surface area contributed by atoms with Gasteiger partial charge in [0.1, 0.15) is 6.20 Å². The van der Waals surface area contributed by atoms with Crippen LogP contribution in [0.3, 0.4) is 0 Å². The fraction of sp³-hybridized carbons (Fsp3) is 0.500. The van der Waals surface area contributed by atoms with Crippen molar-refractivity contribution in [2.45, 2.75) is 13.8 Å². The average Bonchev–Trinajstić information content (AvgIpc) is 2.27. The second-order valence-electron chi connectivity index (χ2n) is 3.21. The van der Waals surface area contributed by atoms with Gasteiger partial charge >= 0.3 is 5.88 Å². The van der Waals surface area contributed by atoms with Gasteiger partial charge < -0.3 is 4.74 Å². The fourth-order valence-corrected chi connectivity index (χ4v) is 1.03. The molecule has 0 saturated carbocycles. The molecule has 13 heavy (non-hydrogen) atoms. The Kier molecular flexibility index (Phi) is 3.04. The first-order valence-electron chi connectivity index (χ1n) is 4.30. The first-order chi connectivity index (χ1) is 6.15. The molecule has 0 amide bonds. The standard InChI is InChI=1S/C10H15N2O/c1-8(2)9-7-10(13-4)12(3)6-5-11-9/h5,7-8H,1-4H3/q+1. The quantitative estimate of drug-likeness (QED) is 0.588. The Labute approximate surface area is 78.8 Å². The minimum absolute atomic E-state index is 0.398. The molecule has 0 saturated heterocycles. The molecule has 0 radical (unpaired) electrons. The van der Waals surface area contributed by atoms with E-state index >= 15 is 0 Å². The van der Waals surface area contributed by atoms with Crippen LogP contribution >= 0.6 is 0 Å². The van der Waals surface area contributed by atoms with Gasteiger partial charge in [0.25, 0.3) is 0 Å². The molecular weight excluding hydrogens is 164 g/mol. The maximum atomic E-state index is 5.19. The number of aliphatic imine (C=N–C) groups is 1. The first kappa shape index (κ1) is 9.75. The highest BCUT2D eigenvalue weighted by Gasteiger charge is 2.13. The third-order valence-corrected chi connectivity index (χ3v) is 1.87. The molecule has 1 rings (SSSR count). The predicted molar refractivity (Wildman–Crippen MR) is 53.1 cm³/mol. The third kappa shape index (κ3) is 2.30. The highest BCUT2D eigenvalue weighted by Crippen LogP contribution is 2.06. The van der Waals surface area contributed by atoms with Crippen molar-refractivity contribution in [3.63, 3.8) is 0 Å². The highest BCUT2D eigenvalue weighted by atomic mass is 16.5. The molecule has 3 nitrogen and oxygen atoms in total. The summed E-state index contributed by atoms with van der Waals surface area (Å²) in [5.41, 5.74) is 1.01. The van der Waals surface area contributed by atoms with Gasteiger partial charge in [-0.3, -0.25) is 0 Å². The van der Waals surface area contributed by atoms with Gasteiger partial charge in [-0.1, -0.05) is 13.8 Å². The zero-order chi connectivity index (χ0) is 9.84. The van der Waals surface area contributed by atoms with Crippen LogP contribution in [-0.4, -0.2) is 30.3 Å². The summed E-state index contributed by atoms with van der Waals surface area (Å²) in [6.45, 7) is 4.20. The summed E-state index contributed by atoms with van der Waals surface area (Å²) in [6, 6.07) is 0. The van der Waals surface area contributed by atoms with Crippen molar-refractivity contribution in [1.29, 1.82) is 0 Å². The molecular formula is C10H15N2O+. The van der Waals surface area contributed by atoms with Crippen LogP contribution in [-0.2, 0) is 4.74 Å². The van der Waals surface area contributed by atoms with Crippen molar-refractivity contribution in [3.05, 3.63) is 18.2 Å². The molecule has 3 heteroatoms. The summed E-state index contributed by atoms with van der Waals surface area (Å²) in [5, 5.41) is 0. The van der Waals surface area contributed by atoms with Crippen LogP contribution in [0.25, 0.3) is 0 Å². The van der Waals surface area contributed by atoms with E-state index in [9.17, 15) is 0 Å². The molecule has 0 N–H and O–H groups in total. The molecule has 1 aliphatic rings. The summed E-state index contributed by atoms with van der Waals surface area (Å²) in [6.07, 6.45) is 3.60. The number of nitrogens with zero attached hydrogens (tertiary/aromatic N) is 2. The minimum Gasteiger partial charge on any atom is -0.447 e. The Morgan fingerprint density at radius 3 is 2.77 bits per heavy atom. The van der Waals surface area contributed by atoms with Gasteiger partial charge in [-0.05, 0) is 5.92 Å². The molecule has 0 atom stereocenters. The van der Waals surface area contributed by atoms with Crippen LogP contribution in [0.1, 0.15) is 13.8 Å². The average molecular weight is 179 g/mol. The molecule has 0 aliphatic carbocycles. The van der Waals surface area contributed by atoms with Gasteiger partial charge in [0.2, 0.25) is 0 Å². The maximum absolute atomic E-state index is 5.19. The van der Waals surface area contributed by atoms with Crippen molar-refractivity contribution in [3.8, 4) is 0 Å². The Morgan fingerprint density at radius 1 is 1.54 bits per heavy atom. The van der Waals surface area contributed by atoms with Crippen LogP contribution in [0, 0.1) is 5.92 Å². The van der Waals surface area contributed by atoms with Crippen molar-refractivity contribution < 1.29 is 9.31 Å². The SMILES string of the molecule is COC1=CC(C(C)C)=NC=C=[N+]1C. The van der Waals surface area contributed by atoms with E-state index in [4.69, 9.17) is 4.74 Å². The number of allylic oxidation sites excluding steroid dienone is 1. The van der Waals surface area contributed by atoms with Crippen LogP contribution < -0.4 is 0 Å². The molecule has 0 bridgehead atoms. The van der Waals surface area contributed by atoms with E-state index in [1.807, 2.05) is 13.1 Å². The van der Waals surface area contributed by atoms with Crippen molar-refractivity contribution in [1.82, 2.24) is 0 Å². The topological polar surface area (TPSA) is 24.6 Å². The second kappa shape index (κ2) is 4.06. The van der Waals surface area contributed by atoms with Crippen molar-refractivity contribution in [2.24, 2.45) is 10.9 Å². The maximum Gasteiger partial charge on any atom is 0.378 e. The summed E-state index contributed by atoms with van der Waals surface area (Å²) in [5.74, 6) is 4.12. The number of rotatable bonds is 2. The minimum atomic E-state index is 0.398. The Balaban J connectivity index is 3.05. The molecule has 70 valence electrons. The van der Waals surface area contributed by atoms with Gasteiger partial charge in [0.15, 0.2) is 12.9 Å². The second-order valence-corrected chi connectivity index (χ2v) is 3.21. The summed E-state index contributed by atoms with van der Waals surface area (Å²) >= 11 is 0. The van der Waals surface area contributed by atoms with E-state index < -0.39 is 0 Å². The molecule has 0 aromatic heterocycles. The van der Waals surface area contributed by atoms with E-state index in [0.717, 1.165) is 11.6 Å². The summed E-state index contributed by atoms with van der Waals surface area (Å²) in [4.78, 5) is 4.25. The molecule has 0 fully saturated rings. The van der Waals surface area contributed by atoms with E-state index in [0.29, 0.717) is 5.92 Å². The van der Waals surface area contributed by atoms with E-state index in [1.165, 1.54) is 0 Å². The Bertz CT molecular complexity index is 318. The normalized spacial score (nSPS) is 16.2. The number of hydrogen-bond acceptors (Lipinski definition) is 2. The summed E-state index contributed by atoms with van der Waals surface area (Å²) in [7, 11) is 3.53. The molecule has 0 spiro atoms. The van der Waals surface area contributed by atoms with Crippen LogP contribution in [0.2, 0.25) is 0 Å². The first-order valence-corrected chi connectivity index (χ1v) is 4.30. The van der Waals surface area contributed by atoms with E-state index in [-0.39, 0.29) is 0 Å². The molecule has 1 aliphatic heterocycles. The smallest absolute Gasteiger partial charge is 0.378 e. The number of methoxy groups -OCH3 is 1. The van der Waals surface area contributed by atoms with E-state index in [1.54, 1.807) is 17.9 Å². The fourth-order valence-electron chi connectivity index (χ4n) is 1.03. The molecule has 0 aromatic carbocycles. The molecule has 0 unspecified atom stereocenters. The van der Waals surface area contributed by atoms with Crippen LogP contribution in [0.15, 0.2) is 23.2 Å². The molecule has 1 heterocycles. The van der Waals surface area contributed by atoms with Crippen LogP contribution in [0.4, 0.5) is 0 Å². The largest absolute Gasteiger partial charge is 0.447 e. The lowest BCUT2D eigenvalue weighted by Gasteiger charge is -2.02. The number of ether oxygens (including phenoxy) is 1. The highest BCUT2D eigenvalue weighted by molar-refractivity contribution is 5.97. The van der Waals surface area contributed by atoms with Crippen molar-refractivity contribution >= 4 is 11.6 Å². The lowest BCUT2D eigenvalue weighted by Crippen LogP contribution is -2.09. The zero-order valence-corrected chi connectivity index (χ0v) is 8.53. The monoisotopic (exact) mass is 179 g/mol. The van der Waals surface area contributed by atoms with Crippen LogP contribution in [0.5, 0.6) is 0 Å². The van der Waals surface area contributed by atoms with Gasteiger partial charge in [0.05, 0.1) is 18.9 Å². The molecule has 0 aromatic rings. The Hall–Kier alpha value is -1.34. The lowest BCUT2D eigenvalue weighted by molar-refractivity contribution is -0.471. The van der Waals surface area contributed by atoms with Gasteiger partial charge in [-0.15, -0.1) is 4.58 Å². The van der Waals surface area contributed by atoms with Gasteiger partial charge in [0, 0.05) is 0 Å². The van der Waals surface area contributed by atoms with Crippen molar-refractivity contribution in [2.75, 3.05) is 14.2 Å². The zero-order valence-electron chi connectivity index (χ0n) is 8.53. The Morgan fingerprint density at radius 2 is 2.23 bits per heavy atom. The number of hydrogen-bond donors (Lipinski definition) is 0. The summed E-state index contributed by atoms with van der Waals surface area (Å²) < 4.78 is 6.96. The predicted octanol–water partition coefficient (Wildman–Crippen LogP) is 1.41. The third-order valence-electron chi connectivity index (χ3n) is 1.87. The van der Waals surface area contributed by atoms with Gasteiger partial charge in [-0.2, -0.15) is 0 Å². The van der Waals surface area contributed by atoms with Gasteiger partial charge in [-0.25, -0.2) is 4.99 Å². The van der Waals surface area contributed by atoms with E-state index in [2.05, 4.69) is 24.7 Å². The lowest BCUT2D eigenvalue weighted by atomic mass is 10.1.